The number of ketones is 1. The summed E-state index contributed by atoms with van der Waals surface area (Å²) >= 11 is 3.07. The highest BCUT2D eigenvalue weighted by molar-refractivity contribution is 7.99. The Morgan fingerprint density at radius 2 is 2.20 bits per heavy atom. The van der Waals surface area contributed by atoms with Gasteiger partial charge in [0.05, 0.1) is 7.11 Å². The summed E-state index contributed by atoms with van der Waals surface area (Å²) in [6.07, 6.45) is 5.58. The summed E-state index contributed by atoms with van der Waals surface area (Å²) in [4.78, 5) is 27.8. The summed E-state index contributed by atoms with van der Waals surface area (Å²) in [5.41, 5.74) is 0.117. The topological polar surface area (TPSA) is 68.3 Å². The Morgan fingerprint density at radius 3 is 2.80 bits per heavy atom. The van der Waals surface area contributed by atoms with Crippen molar-refractivity contribution in [3.05, 3.63) is 10.6 Å². The van der Waals surface area contributed by atoms with Crippen LogP contribution in [0.3, 0.4) is 0 Å². The van der Waals surface area contributed by atoms with Crippen LogP contribution in [-0.4, -0.2) is 41.4 Å². The van der Waals surface area contributed by atoms with Crippen molar-refractivity contribution in [3.8, 4) is 0 Å². The molecule has 1 fully saturated rings. The van der Waals surface area contributed by atoms with Crippen LogP contribution in [0.2, 0.25) is 0 Å². The maximum absolute atomic E-state index is 11.6. The first-order valence-corrected chi connectivity index (χ1v) is 8.56. The van der Waals surface area contributed by atoms with Gasteiger partial charge in [0.25, 0.3) is 0 Å². The van der Waals surface area contributed by atoms with Crippen LogP contribution in [0.5, 0.6) is 0 Å². The molecule has 7 heteroatoms. The van der Waals surface area contributed by atoms with Crippen LogP contribution in [0.15, 0.2) is 0 Å². The van der Waals surface area contributed by atoms with Crippen molar-refractivity contribution < 1.29 is 14.3 Å². The van der Waals surface area contributed by atoms with Crippen LogP contribution in [0.1, 0.15) is 46.3 Å². The van der Waals surface area contributed by atoms with Crippen molar-refractivity contribution >= 4 is 40.0 Å². The second-order valence-corrected chi connectivity index (χ2v) is 6.78. The minimum absolute atomic E-state index is 0.117. The zero-order chi connectivity index (χ0) is 14.7. The highest BCUT2D eigenvalue weighted by Crippen LogP contribution is 2.33. The number of Topliss-reactive ketones (excluding diaryl/α,β-unsaturated/α-hetero) is 1. The van der Waals surface area contributed by atoms with E-state index < -0.39 is 5.97 Å². The van der Waals surface area contributed by atoms with Gasteiger partial charge in [0.1, 0.15) is 4.88 Å². The normalized spacial score (nSPS) is 21.8. The quantitative estimate of drug-likeness (QED) is 0.666. The number of thioether (sulfide) groups is 1. The zero-order valence-corrected chi connectivity index (χ0v) is 13.4. The van der Waals surface area contributed by atoms with Gasteiger partial charge in [-0.15, -0.1) is 0 Å². The fourth-order valence-electron chi connectivity index (χ4n) is 2.39. The number of rotatable bonds is 5. The molecule has 1 aliphatic rings. The molecule has 1 aromatic heterocycles. The fourth-order valence-corrected chi connectivity index (χ4v) is 4.23. The number of nitrogens with zero attached hydrogens (tertiary/aromatic N) is 1. The van der Waals surface area contributed by atoms with Gasteiger partial charge in [0.2, 0.25) is 0 Å². The number of methoxy groups -OCH3 is 1. The summed E-state index contributed by atoms with van der Waals surface area (Å²) in [5.74, 6) is -0.726. The summed E-state index contributed by atoms with van der Waals surface area (Å²) in [6, 6.07) is 0.349. The molecule has 0 radical (unpaired) electrons. The molecular weight excluding hydrogens is 296 g/mol. The summed E-state index contributed by atoms with van der Waals surface area (Å²) < 4.78 is 4.67. The molecular formula is C13H18N2O3S2. The third kappa shape index (κ3) is 3.15. The van der Waals surface area contributed by atoms with E-state index in [-0.39, 0.29) is 11.5 Å². The van der Waals surface area contributed by atoms with Crippen molar-refractivity contribution in [3.63, 3.8) is 0 Å². The van der Waals surface area contributed by atoms with Crippen LogP contribution in [0.25, 0.3) is 0 Å². The zero-order valence-electron chi connectivity index (χ0n) is 11.8. The minimum Gasteiger partial charge on any atom is -0.464 e. The number of anilines is 1. The standard InChI is InChI=1S/C13H18N2O3S2/c1-7(16)11-10(12(17)18-2)15-13(20-11)14-8-5-4-6-9(8)19-3/h8-9H,4-6H2,1-3H3,(H,14,15). The van der Waals surface area contributed by atoms with Crippen LogP contribution >= 0.6 is 23.1 Å². The average molecular weight is 314 g/mol. The number of ether oxygens (including phenoxy) is 1. The number of thiazole rings is 1. The van der Waals surface area contributed by atoms with Crippen molar-refractivity contribution in [2.75, 3.05) is 18.7 Å². The molecule has 1 heterocycles. The highest BCUT2D eigenvalue weighted by atomic mass is 32.2. The maximum atomic E-state index is 11.6. The third-order valence-electron chi connectivity index (χ3n) is 3.39. The second-order valence-electron chi connectivity index (χ2n) is 4.70. The number of nitrogens with one attached hydrogen (secondary N) is 1. The SMILES string of the molecule is COC(=O)c1nc(NC2CCCC2SC)sc1C(C)=O. The van der Waals surface area contributed by atoms with Gasteiger partial charge in [-0.1, -0.05) is 17.8 Å². The number of esters is 1. The van der Waals surface area contributed by atoms with E-state index in [1.807, 2.05) is 11.8 Å². The molecule has 2 atom stereocenters. The monoisotopic (exact) mass is 314 g/mol. The Bertz CT molecular complexity index is 516. The lowest BCUT2D eigenvalue weighted by molar-refractivity contribution is 0.0591. The van der Waals surface area contributed by atoms with Crippen molar-refractivity contribution in [1.82, 2.24) is 4.98 Å². The highest BCUT2D eigenvalue weighted by Gasteiger charge is 2.28. The second kappa shape index (κ2) is 6.58. The van der Waals surface area contributed by atoms with E-state index in [0.717, 1.165) is 6.42 Å². The largest absolute Gasteiger partial charge is 0.464 e. The molecule has 1 N–H and O–H groups in total. The van der Waals surface area contributed by atoms with Crippen molar-refractivity contribution in [1.29, 1.82) is 0 Å². The van der Waals surface area contributed by atoms with Gasteiger partial charge < -0.3 is 10.1 Å². The lowest BCUT2D eigenvalue weighted by Gasteiger charge is -2.18. The van der Waals surface area contributed by atoms with E-state index >= 15 is 0 Å². The van der Waals surface area contributed by atoms with Crippen LogP contribution < -0.4 is 5.32 Å². The predicted octanol–water partition coefficient (Wildman–Crippen LogP) is 2.83. The molecule has 1 aliphatic carbocycles. The van der Waals surface area contributed by atoms with Gasteiger partial charge >= 0.3 is 5.97 Å². The van der Waals surface area contributed by atoms with Gasteiger partial charge in [-0.2, -0.15) is 11.8 Å². The van der Waals surface area contributed by atoms with Gasteiger partial charge in [-0.25, -0.2) is 9.78 Å². The van der Waals surface area contributed by atoms with Crippen LogP contribution in [0.4, 0.5) is 5.13 Å². The Hall–Kier alpha value is -1.08. The molecule has 1 aromatic rings. The Balaban J connectivity index is 2.20. The molecule has 0 spiro atoms. The van der Waals surface area contributed by atoms with E-state index in [2.05, 4.69) is 21.3 Å². The number of hydrogen-bond donors (Lipinski definition) is 1. The number of hydrogen-bond acceptors (Lipinski definition) is 7. The predicted molar refractivity (Wildman–Crippen MR) is 82.0 cm³/mol. The molecule has 0 bridgehead atoms. The number of carbonyl (C=O) groups is 2. The smallest absolute Gasteiger partial charge is 0.358 e. The van der Waals surface area contributed by atoms with Gasteiger partial charge in [-0.3, -0.25) is 4.79 Å². The third-order valence-corrected chi connectivity index (χ3v) is 5.65. The van der Waals surface area contributed by atoms with Crippen molar-refractivity contribution in [2.24, 2.45) is 0 Å². The molecule has 2 unspecified atom stereocenters. The molecule has 0 aliphatic heterocycles. The molecule has 1 saturated carbocycles. The fraction of sp³-hybridized carbons (Fsp3) is 0.615. The Morgan fingerprint density at radius 1 is 1.45 bits per heavy atom. The Kier molecular flexibility index (Phi) is 5.04. The van der Waals surface area contributed by atoms with E-state index in [1.54, 1.807) is 0 Å². The molecule has 20 heavy (non-hydrogen) atoms. The average Bonchev–Trinajstić information content (AvgIpc) is 3.04. The molecule has 110 valence electrons. The minimum atomic E-state index is -0.563. The van der Waals surface area contributed by atoms with E-state index in [4.69, 9.17) is 0 Å². The van der Waals surface area contributed by atoms with Gasteiger partial charge in [0, 0.05) is 18.2 Å². The summed E-state index contributed by atoms with van der Waals surface area (Å²) in [7, 11) is 1.29. The van der Waals surface area contributed by atoms with Gasteiger partial charge in [-0.05, 0) is 19.1 Å². The first-order chi connectivity index (χ1) is 9.56. The molecule has 0 saturated heterocycles. The summed E-state index contributed by atoms with van der Waals surface area (Å²) in [5, 5.41) is 4.55. The molecule has 2 rings (SSSR count). The number of carbonyl (C=O) groups excluding carboxylic acids is 2. The molecule has 0 aromatic carbocycles. The van der Waals surface area contributed by atoms with E-state index in [1.165, 1.54) is 38.2 Å². The lowest BCUT2D eigenvalue weighted by Crippen LogP contribution is -2.25. The lowest BCUT2D eigenvalue weighted by atomic mass is 10.2. The molecule has 0 amide bonds. The van der Waals surface area contributed by atoms with E-state index in [9.17, 15) is 9.59 Å². The van der Waals surface area contributed by atoms with Crippen LogP contribution in [0, 0.1) is 0 Å². The summed E-state index contributed by atoms with van der Waals surface area (Å²) in [6.45, 7) is 1.43. The molecule has 5 nitrogen and oxygen atoms in total. The van der Waals surface area contributed by atoms with E-state index in [0.29, 0.717) is 21.3 Å². The maximum Gasteiger partial charge on any atom is 0.358 e. The first-order valence-electron chi connectivity index (χ1n) is 6.46. The first kappa shape index (κ1) is 15.3. The Labute approximate surface area is 126 Å². The van der Waals surface area contributed by atoms with Crippen molar-refractivity contribution in [2.45, 2.75) is 37.5 Å². The van der Waals surface area contributed by atoms with Gasteiger partial charge in [0.15, 0.2) is 16.6 Å². The number of aromatic nitrogens is 1. The van der Waals surface area contributed by atoms with Crippen LogP contribution in [-0.2, 0) is 4.74 Å².